The highest BCUT2D eigenvalue weighted by atomic mass is 19.4. The zero-order valence-electron chi connectivity index (χ0n) is 17.9. The molecule has 14 heteroatoms. The third kappa shape index (κ3) is 5.30. The lowest BCUT2D eigenvalue weighted by molar-refractivity contribution is -0.208. The molecule has 35 heavy (non-hydrogen) atoms. The molecule has 0 spiro atoms. The summed E-state index contributed by atoms with van der Waals surface area (Å²) >= 11 is 0. The Morgan fingerprint density at radius 1 is 1.17 bits per heavy atom. The van der Waals surface area contributed by atoms with Gasteiger partial charge in [0.1, 0.15) is 17.2 Å². The summed E-state index contributed by atoms with van der Waals surface area (Å²) in [6, 6.07) is 4.46. The number of hydrogen-bond acceptors (Lipinski definition) is 8. The molecule has 0 amide bonds. The molecule has 3 aromatic rings. The zero-order chi connectivity index (χ0) is 25.4. The van der Waals surface area contributed by atoms with Crippen molar-refractivity contribution in [2.45, 2.75) is 37.6 Å². The van der Waals surface area contributed by atoms with Crippen molar-refractivity contribution in [3.8, 4) is 28.6 Å². The molecule has 0 bridgehead atoms. The first-order valence-corrected chi connectivity index (χ1v) is 10.0. The van der Waals surface area contributed by atoms with Crippen LogP contribution in [-0.2, 0) is 10.3 Å². The van der Waals surface area contributed by atoms with Crippen LogP contribution in [-0.4, -0.2) is 46.5 Å². The number of benzene rings is 1. The highest BCUT2D eigenvalue weighted by molar-refractivity contribution is 5.73. The van der Waals surface area contributed by atoms with Crippen LogP contribution in [0.2, 0.25) is 0 Å². The summed E-state index contributed by atoms with van der Waals surface area (Å²) < 4.78 is 93.7. The SMILES string of the molecule is CC1(c2cc(-c3cc(-c4cnc(OCC(F)F)cn4)no3)ccc2F)C[C@@H](C(F)(F)F)OC(N)=N1. The van der Waals surface area contributed by atoms with Crippen LogP contribution >= 0.6 is 0 Å². The van der Waals surface area contributed by atoms with E-state index in [1.54, 1.807) is 0 Å². The van der Waals surface area contributed by atoms with E-state index in [9.17, 15) is 26.3 Å². The minimum atomic E-state index is -4.73. The summed E-state index contributed by atoms with van der Waals surface area (Å²) in [6.07, 6.45) is -7.97. The molecule has 1 aliphatic rings. The molecule has 4 rings (SSSR count). The average molecular weight is 501 g/mol. The monoisotopic (exact) mass is 501 g/mol. The first kappa shape index (κ1) is 24.3. The fourth-order valence-electron chi connectivity index (χ4n) is 3.51. The number of aliphatic imine (C=N–C) groups is 1. The van der Waals surface area contributed by atoms with Crippen LogP contribution in [0.4, 0.5) is 26.3 Å². The van der Waals surface area contributed by atoms with Crippen molar-refractivity contribution in [3.63, 3.8) is 0 Å². The summed E-state index contributed by atoms with van der Waals surface area (Å²) in [5.74, 6) is -0.746. The van der Waals surface area contributed by atoms with Crippen LogP contribution in [0.1, 0.15) is 18.9 Å². The van der Waals surface area contributed by atoms with E-state index in [4.69, 9.17) is 15.0 Å². The second-order valence-corrected chi connectivity index (χ2v) is 7.79. The first-order valence-electron chi connectivity index (χ1n) is 10.0. The smallest absolute Gasteiger partial charge is 0.425 e. The number of aromatic nitrogens is 3. The maximum absolute atomic E-state index is 14.7. The Kier molecular flexibility index (Phi) is 6.30. The van der Waals surface area contributed by atoms with Gasteiger partial charge >= 0.3 is 6.18 Å². The molecular weight excluding hydrogens is 484 g/mol. The van der Waals surface area contributed by atoms with Gasteiger partial charge in [0.05, 0.1) is 17.9 Å². The molecular formula is C21H17F6N5O3. The predicted molar refractivity (Wildman–Crippen MR) is 109 cm³/mol. The molecule has 186 valence electrons. The van der Waals surface area contributed by atoms with Gasteiger partial charge in [-0.25, -0.2) is 28.1 Å². The molecule has 3 heterocycles. The van der Waals surface area contributed by atoms with Gasteiger partial charge in [0.15, 0.2) is 18.5 Å². The van der Waals surface area contributed by atoms with Gasteiger partial charge in [-0.05, 0) is 25.1 Å². The lowest BCUT2D eigenvalue weighted by Gasteiger charge is -2.36. The standard InChI is InChI=1S/C21H17F6N5O3/c1-20(6-16(21(25,26)27)34-19(28)31-20)11-4-10(2-3-12(11)22)15-5-13(32-35-15)14-7-30-18(8-29-14)33-9-17(23)24/h2-5,7-8,16-17H,6,9H2,1H3,(H2,28,31)/t16-,20?/m0/s1. The third-order valence-corrected chi connectivity index (χ3v) is 5.16. The lowest BCUT2D eigenvalue weighted by atomic mass is 9.84. The molecule has 0 saturated heterocycles. The number of ether oxygens (including phenoxy) is 2. The summed E-state index contributed by atoms with van der Waals surface area (Å²) in [5.41, 5.74) is 4.41. The largest absolute Gasteiger partial charge is 0.470 e. The normalized spacial score (nSPS) is 20.5. The molecule has 1 aromatic carbocycles. The predicted octanol–water partition coefficient (Wildman–Crippen LogP) is 4.46. The van der Waals surface area contributed by atoms with Crippen molar-refractivity contribution in [1.82, 2.24) is 15.1 Å². The molecule has 8 nitrogen and oxygen atoms in total. The van der Waals surface area contributed by atoms with Crippen molar-refractivity contribution >= 4 is 6.02 Å². The number of nitrogens with two attached hydrogens (primary N) is 1. The summed E-state index contributed by atoms with van der Waals surface area (Å²) in [6.45, 7) is 0.488. The van der Waals surface area contributed by atoms with Crippen LogP contribution in [0.15, 0.2) is 46.2 Å². The van der Waals surface area contributed by atoms with Gasteiger partial charge in [0, 0.05) is 23.6 Å². The Labute approximate surface area is 193 Å². The Balaban J connectivity index is 1.61. The molecule has 0 fully saturated rings. The molecule has 2 aromatic heterocycles. The Morgan fingerprint density at radius 2 is 1.94 bits per heavy atom. The molecule has 2 atom stereocenters. The van der Waals surface area contributed by atoms with Crippen molar-refractivity contribution < 1.29 is 40.3 Å². The average Bonchev–Trinajstić information content (AvgIpc) is 3.27. The fraction of sp³-hybridized carbons (Fsp3) is 0.333. The zero-order valence-corrected chi connectivity index (χ0v) is 17.9. The van der Waals surface area contributed by atoms with E-state index >= 15 is 0 Å². The molecule has 0 saturated carbocycles. The molecule has 0 radical (unpaired) electrons. The maximum Gasteiger partial charge on any atom is 0.425 e. The van der Waals surface area contributed by atoms with Gasteiger partial charge in [-0.3, -0.25) is 0 Å². The second-order valence-electron chi connectivity index (χ2n) is 7.79. The van der Waals surface area contributed by atoms with Crippen molar-refractivity contribution in [2.24, 2.45) is 10.7 Å². The van der Waals surface area contributed by atoms with Crippen LogP contribution in [0.5, 0.6) is 5.88 Å². The Bertz CT molecular complexity index is 1230. The summed E-state index contributed by atoms with van der Waals surface area (Å²) in [7, 11) is 0. The van der Waals surface area contributed by atoms with E-state index in [0.717, 1.165) is 12.3 Å². The number of halogens is 6. The molecule has 1 unspecified atom stereocenters. The Morgan fingerprint density at radius 3 is 2.60 bits per heavy atom. The van der Waals surface area contributed by atoms with E-state index in [1.165, 1.54) is 31.3 Å². The van der Waals surface area contributed by atoms with Gasteiger partial charge in [0.25, 0.3) is 12.4 Å². The number of alkyl halides is 5. The van der Waals surface area contributed by atoms with E-state index in [0.29, 0.717) is 5.56 Å². The molecule has 0 aliphatic carbocycles. The number of hydrogen-bond donors (Lipinski definition) is 1. The number of amidine groups is 1. The minimum absolute atomic E-state index is 0.109. The fourth-order valence-corrected chi connectivity index (χ4v) is 3.51. The van der Waals surface area contributed by atoms with Gasteiger partial charge in [-0.2, -0.15) is 13.2 Å². The molecule has 1 aliphatic heterocycles. The highest BCUT2D eigenvalue weighted by Crippen LogP contribution is 2.42. The lowest BCUT2D eigenvalue weighted by Crippen LogP contribution is -2.46. The Hall–Kier alpha value is -3.84. The highest BCUT2D eigenvalue weighted by Gasteiger charge is 2.50. The number of rotatable bonds is 6. The summed E-state index contributed by atoms with van der Waals surface area (Å²) in [4.78, 5) is 11.8. The van der Waals surface area contributed by atoms with Gasteiger partial charge in [-0.1, -0.05) is 5.16 Å². The van der Waals surface area contributed by atoms with Crippen molar-refractivity contribution in [1.29, 1.82) is 0 Å². The number of nitrogens with zero attached hydrogens (tertiary/aromatic N) is 4. The van der Waals surface area contributed by atoms with Crippen LogP contribution in [0, 0.1) is 5.82 Å². The van der Waals surface area contributed by atoms with Crippen LogP contribution < -0.4 is 10.5 Å². The maximum atomic E-state index is 14.7. The van der Waals surface area contributed by atoms with Gasteiger partial charge in [0.2, 0.25) is 5.88 Å². The van der Waals surface area contributed by atoms with E-state index in [1.807, 2.05) is 0 Å². The topological polar surface area (TPSA) is 109 Å². The van der Waals surface area contributed by atoms with Crippen LogP contribution in [0.25, 0.3) is 22.7 Å². The third-order valence-electron chi connectivity index (χ3n) is 5.16. The first-order chi connectivity index (χ1) is 16.4. The van der Waals surface area contributed by atoms with E-state index in [2.05, 4.69) is 24.9 Å². The van der Waals surface area contributed by atoms with Crippen molar-refractivity contribution in [3.05, 3.63) is 48.0 Å². The second kappa shape index (κ2) is 9.07. The van der Waals surface area contributed by atoms with E-state index in [-0.39, 0.29) is 28.6 Å². The summed E-state index contributed by atoms with van der Waals surface area (Å²) in [5, 5.41) is 3.86. The van der Waals surface area contributed by atoms with Gasteiger partial charge < -0.3 is 19.7 Å². The minimum Gasteiger partial charge on any atom is -0.470 e. The van der Waals surface area contributed by atoms with Gasteiger partial charge in [-0.15, -0.1) is 0 Å². The van der Waals surface area contributed by atoms with Crippen molar-refractivity contribution in [2.75, 3.05) is 6.61 Å². The molecule has 2 N–H and O–H groups in total. The van der Waals surface area contributed by atoms with Crippen LogP contribution in [0.3, 0.4) is 0 Å². The quantitative estimate of drug-likeness (QED) is 0.497. The van der Waals surface area contributed by atoms with E-state index < -0.39 is 49.1 Å².